The zero-order chi connectivity index (χ0) is 20.3. The van der Waals surface area contributed by atoms with Gasteiger partial charge in [-0.3, -0.25) is 0 Å². The first kappa shape index (κ1) is 18.5. The van der Waals surface area contributed by atoms with Crippen LogP contribution in [0.15, 0.2) is 0 Å². The van der Waals surface area contributed by atoms with Gasteiger partial charge < -0.3 is 9.47 Å². The lowest BCUT2D eigenvalue weighted by Gasteiger charge is -2.73. The van der Waals surface area contributed by atoms with Crippen molar-refractivity contribution in [2.75, 3.05) is 0 Å². The predicted octanol–water partition coefficient (Wildman–Crippen LogP) is 3.78. The van der Waals surface area contributed by atoms with Gasteiger partial charge >= 0.3 is 24.3 Å². The highest BCUT2D eigenvalue weighted by atomic mass is 19.4. The van der Waals surface area contributed by atoms with E-state index in [1.165, 1.54) is 0 Å². The highest BCUT2D eigenvalue weighted by Crippen LogP contribution is 2.74. The van der Waals surface area contributed by atoms with Gasteiger partial charge in [-0.15, -0.1) is 0 Å². The monoisotopic (exact) mass is 412 g/mol. The normalized spacial score (nSPS) is 48.1. The van der Waals surface area contributed by atoms with Crippen molar-refractivity contribution >= 4 is 11.9 Å². The third-order valence-corrected chi connectivity index (χ3v) is 8.03. The van der Waals surface area contributed by atoms with Crippen LogP contribution in [0.5, 0.6) is 0 Å². The number of esters is 2. The second-order valence-corrected chi connectivity index (χ2v) is 9.35. The lowest BCUT2D eigenvalue weighted by Crippen LogP contribution is -2.72. The highest BCUT2D eigenvalue weighted by molar-refractivity contribution is 5.76. The molecule has 7 aliphatic rings. The molecule has 10 heteroatoms. The molecule has 0 radical (unpaired) electrons. The quantitative estimate of drug-likeness (QED) is 0.512. The maximum Gasteiger partial charge on any atom is 0.490 e. The maximum absolute atomic E-state index is 12.7. The summed E-state index contributed by atoms with van der Waals surface area (Å²) >= 11 is 0. The standard InChI is InChI=1S/C18H18F6O4/c19-17(20,21)13(25)27-15-1-7-8-4-16(28-14(26)18(22,23)24)5-9(7)11(3-15)12(6-16)10(8)2-15/h7-12H,1-6H2. The molecular weight excluding hydrogens is 394 g/mol. The molecule has 0 unspecified atom stereocenters. The average molecular weight is 412 g/mol. The first-order chi connectivity index (χ1) is 12.8. The first-order valence-electron chi connectivity index (χ1n) is 9.43. The summed E-state index contributed by atoms with van der Waals surface area (Å²) in [5.74, 6) is -4.29. The van der Waals surface area contributed by atoms with Crippen LogP contribution < -0.4 is 0 Å². The van der Waals surface area contributed by atoms with Gasteiger partial charge in [0.1, 0.15) is 11.2 Å². The molecular formula is C18H18F6O4. The minimum Gasteiger partial charge on any atom is -0.452 e. The maximum atomic E-state index is 12.7. The van der Waals surface area contributed by atoms with E-state index in [2.05, 4.69) is 0 Å². The van der Waals surface area contributed by atoms with Crippen molar-refractivity contribution in [3.8, 4) is 0 Å². The SMILES string of the molecule is O=C(OC12CC3C4CC5(OC(=O)C(F)(F)F)CC3C(C1)C(C5)C4C2)C(F)(F)F. The number of alkyl halides is 6. The lowest BCUT2D eigenvalue weighted by molar-refractivity contribution is -0.307. The van der Waals surface area contributed by atoms with E-state index in [0.717, 1.165) is 0 Å². The van der Waals surface area contributed by atoms with Crippen LogP contribution in [-0.2, 0) is 19.1 Å². The largest absolute Gasteiger partial charge is 0.490 e. The summed E-state index contributed by atoms with van der Waals surface area (Å²) in [6.45, 7) is 0. The van der Waals surface area contributed by atoms with Gasteiger partial charge in [0.25, 0.3) is 0 Å². The fraction of sp³-hybridized carbons (Fsp3) is 0.889. The van der Waals surface area contributed by atoms with Gasteiger partial charge in [0.2, 0.25) is 0 Å². The van der Waals surface area contributed by atoms with Gasteiger partial charge in [0.05, 0.1) is 0 Å². The second-order valence-electron chi connectivity index (χ2n) is 9.35. The van der Waals surface area contributed by atoms with Crippen LogP contribution in [0.4, 0.5) is 26.3 Å². The van der Waals surface area contributed by atoms with Gasteiger partial charge in [0, 0.05) is 0 Å². The number of carbonyl (C=O) groups excluding carboxylic acids is 2. The minimum atomic E-state index is -5.05. The molecule has 0 aromatic heterocycles. The summed E-state index contributed by atoms with van der Waals surface area (Å²) < 4.78 is 86.2. The molecule has 0 amide bonds. The average Bonchev–Trinajstić information content (AvgIpc) is 2.56. The molecule has 0 aromatic rings. The Bertz CT molecular complexity index is 616. The Balaban J connectivity index is 1.39. The van der Waals surface area contributed by atoms with E-state index >= 15 is 0 Å². The summed E-state index contributed by atoms with van der Waals surface area (Å²) in [6.07, 6.45) is -8.21. The smallest absolute Gasteiger partial charge is 0.452 e. The van der Waals surface area contributed by atoms with Crippen molar-refractivity contribution < 1.29 is 45.4 Å². The van der Waals surface area contributed by atoms with Gasteiger partial charge in [-0.05, 0) is 74.0 Å². The van der Waals surface area contributed by atoms with Gasteiger partial charge in [-0.1, -0.05) is 0 Å². The fourth-order valence-electron chi connectivity index (χ4n) is 7.56. The number of rotatable bonds is 2. The van der Waals surface area contributed by atoms with E-state index in [9.17, 15) is 35.9 Å². The lowest BCUT2D eigenvalue weighted by atomic mass is 9.34. The van der Waals surface area contributed by atoms with Crippen molar-refractivity contribution in [1.82, 2.24) is 0 Å². The topological polar surface area (TPSA) is 52.6 Å². The van der Waals surface area contributed by atoms with Crippen molar-refractivity contribution in [3.05, 3.63) is 0 Å². The van der Waals surface area contributed by atoms with Crippen LogP contribution in [0.1, 0.15) is 38.5 Å². The minimum absolute atomic E-state index is 0.00722. The Kier molecular flexibility index (Phi) is 3.42. The fourth-order valence-corrected chi connectivity index (χ4v) is 7.56. The molecule has 0 aromatic carbocycles. The Morgan fingerprint density at radius 2 is 0.786 bits per heavy atom. The molecule has 4 nitrogen and oxygen atoms in total. The van der Waals surface area contributed by atoms with E-state index in [-0.39, 0.29) is 35.5 Å². The summed E-state index contributed by atoms with van der Waals surface area (Å²) in [7, 11) is 0. The molecule has 0 heterocycles. The summed E-state index contributed by atoms with van der Waals surface area (Å²) in [4.78, 5) is 22.9. The van der Waals surface area contributed by atoms with Crippen LogP contribution in [-0.4, -0.2) is 35.5 Å². The van der Waals surface area contributed by atoms with E-state index in [1.54, 1.807) is 0 Å². The molecule has 0 N–H and O–H groups in total. The van der Waals surface area contributed by atoms with Crippen molar-refractivity contribution in [1.29, 1.82) is 0 Å². The summed E-state index contributed by atoms with van der Waals surface area (Å²) in [5.41, 5.74) is -2.23. The highest BCUT2D eigenvalue weighted by Gasteiger charge is 2.73. The molecule has 7 rings (SSSR count). The van der Waals surface area contributed by atoms with Crippen LogP contribution in [0.3, 0.4) is 0 Å². The Morgan fingerprint density at radius 3 is 0.964 bits per heavy atom. The first-order valence-corrected chi connectivity index (χ1v) is 9.43. The Morgan fingerprint density at radius 1 is 0.571 bits per heavy atom. The molecule has 0 atom stereocenters. The van der Waals surface area contributed by atoms with Crippen LogP contribution >= 0.6 is 0 Å². The zero-order valence-corrected chi connectivity index (χ0v) is 14.6. The summed E-state index contributed by atoms with van der Waals surface area (Å²) in [5, 5.41) is 0. The number of ether oxygens (including phenoxy) is 2. The molecule has 0 aliphatic heterocycles. The Labute approximate surface area is 155 Å². The van der Waals surface area contributed by atoms with Gasteiger partial charge in [0.15, 0.2) is 0 Å². The van der Waals surface area contributed by atoms with E-state index < -0.39 is 35.5 Å². The molecule has 0 spiro atoms. The zero-order valence-electron chi connectivity index (χ0n) is 14.6. The van der Waals surface area contributed by atoms with Crippen LogP contribution in [0.2, 0.25) is 0 Å². The van der Waals surface area contributed by atoms with E-state index in [1.807, 2.05) is 0 Å². The van der Waals surface area contributed by atoms with Crippen molar-refractivity contribution in [3.63, 3.8) is 0 Å². The number of carbonyl (C=O) groups is 2. The van der Waals surface area contributed by atoms with E-state index in [4.69, 9.17) is 9.47 Å². The number of hydrogen-bond acceptors (Lipinski definition) is 4. The van der Waals surface area contributed by atoms with Crippen LogP contribution in [0, 0.1) is 35.5 Å². The van der Waals surface area contributed by atoms with Crippen LogP contribution in [0.25, 0.3) is 0 Å². The third kappa shape index (κ3) is 2.44. The Hall–Kier alpha value is -1.48. The van der Waals surface area contributed by atoms with Crippen molar-refractivity contribution in [2.45, 2.75) is 62.1 Å². The second kappa shape index (κ2) is 5.16. The molecule has 7 saturated carbocycles. The van der Waals surface area contributed by atoms with Gasteiger partial charge in [-0.2, -0.15) is 26.3 Å². The molecule has 156 valence electrons. The molecule has 7 fully saturated rings. The molecule has 7 aliphatic carbocycles. The summed E-state index contributed by atoms with van der Waals surface area (Å²) in [6, 6.07) is 0. The third-order valence-electron chi connectivity index (χ3n) is 8.03. The van der Waals surface area contributed by atoms with Crippen molar-refractivity contribution in [2.24, 2.45) is 35.5 Å². The van der Waals surface area contributed by atoms with Gasteiger partial charge in [-0.25, -0.2) is 9.59 Å². The molecule has 8 bridgehead atoms. The van der Waals surface area contributed by atoms with E-state index in [0.29, 0.717) is 38.5 Å². The predicted molar refractivity (Wildman–Crippen MR) is 78.4 cm³/mol. The number of halogens is 6. The molecule has 28 heavy (non-hydrogen) atoms. The number of hydrogen-bond donors (Lipinski definition) is 0. The molecule has 0 saturated heterocycles.